The normalized spacial score (nSPS) is 18.1. The van der Waals surface area contributed by atoms with Gasteiger partial charge in [0.05, 0.1) is 17.9 Å². The Balaban J connectivity index is 1.77. The molecule has 1 aliphatic heterocycles. The molecule has 0 bridgehead atoms. The van der Waals surface area contributed by atoms with Gasteiger partial charge >= 0.3 is 5.97 Å². The highest BCUT2D eigenvalue weighted by atomic mass is 35.5. The maximum atomic E-state index is 12.2. The number of hydrogen-bond donors (Lipinski definition) is 0. The number of benzene rings is 1. The second kappa shape index (κ2) is 9.32. The number of Topliss-reactive ketones (excluding diaryl/α,β-unsaturated/α-hetero) is 1. The SMILES string of the molecule is CCN(C(=O)COC(=O)CCC(=O)c1ccc(Cl)cc1)C1CCS(=O)(=O)C1. The van der Waals surface area contributed by atoms with Crippen LogP contribution >= 0.6 is 11.6 Å². The van der Waals surface area contributed by atoms with Gasteiger partial charge < -0.3 is 9.64 Å². The lowest BCUT2D eigenvalue weighted by molar-refractivity contribution is -0.152. The van der Waals surface area contributed by atoms with E-state index in [0.29, 0.717) is 23.6 Å². The standard InChI is InChI=1S/C18H22ClNO6S/c1-2-20(15-9-10-27(24,25)12-15)17(22)11-26-18(23)8-7-16(21)13-3-5-14(19)6-4-13/h3-6,15H,2,7-12H2,1H3. The first-order valence-electron chi connectivity index (χ1n) is 8.66. The number of ketones is 1. The average Bonchev–Trinajstić information content (AvgIpc) is 2.98. The van der Waals surface area contributed by atoms with Gasteiger partial charge in [-0.2, -0.15) is 0 Å². The van der Waals surface area contributed by atoms with Crippen molar-refractivity contribution in [2.24, 2.45) is 0 Å². The van der Waals surface area contributed by atoms with Crippen LogP contribution in [0.1, 0.15) is 36.5 Å². The van der Waals surface area contributed by atoms with Crippen LogP contribution in [-0.4, -0.2) is 61.7 Å². The number of carbonyl (C=O) groups excluding carboxylic acids is 3. The van der Waals surface area contributed by atoms with Crippen molar-refractivity contribution >= 4 is 39.1 Å². The van der Waals surface area contributed by atoms with E-state index < -0.39 is 28.3 Å². The molecule has 2 rings (SSSR count). The van der Waals surface area contributed by atoms with Crippen LogP contribution in [0.4, 0.5) is 0 Å². The Kier molecular flexibility index (Phi) is 7.38. The van der Waals surface area contributed by atoms with Crippen molar-refractivity contribution in [2.75, 3.05) is 24.7 Å². The quantitative estimate of drug-likeness (QED) is 0.475. The predicted molar refractivity (Wildman–Crippen MR) is 100 cm³/mol. The largest absolute Gasteiger partial charge is 0.456 e. The Hall–Kier alpha value is -1.93. The molecule has 1 amide bonds. The highest BCUT2D eigenvalue weighted by Crippen LogP contribution is 2.18. The van der Waals surface area contributed by atoms with Gasteiger partial charge in [-0.15, -0.1) is 0 Å². The zero-order valence-electron chi connectivity index (χ0n) is 15.0. The minimum Gasteiger partial charge on any atom is -0.456 e. The van der Waals surface area contributed by atoms with Crippen molar-refractivity contribution < 1.29 is 27.5 Å². The maximum Gasteiger partial charge on any atom is 0.306 e. The van der Waals surface area contributed by atoms with Crippen LogP contribution in [0.3, 0.4) is 0 Å². The van der Waals surface area contributed by atoms with Crippen molar-refractivity contribution in [1.82, 2.24) is 4.90 Å². The number of rotatable bonds is 8. The van der Waals surface area contributed by atoms with Gasteiger partial charge in [0, 0.05) is 29.6 Å². The fourth-order valence-corrected chi connectivity index (χ4v) is 4.81. The number of esters is 1. The molecule has 7 nitrogen and oxygen atoms in total. The molecule has 0 aliphatic carbocycles. The summed E-state index contributed by atoms with van der Waals surface area (Å²) in [7, 11) is -3.11. The molecule has 1 aliphatic rings. The monoisotopic (exact) mass is 415 g/mol. The molecule has 9 heteroatoms. The maximum absolute atomic E-state index is 12.2. The summed E-state index contributed by atoms with van der Waals surface area (Å²) in [5, 5.41) is 0.514. The van der Waals surface area contributed by atoms with E-state index in [0.717, 1.165) is 0 Å². The summed E-state index contributed by atoms with van der Waals surface area (Å²) in [4.78, 5) is 37.5. The molecule has 1 aromatic carbocycles. The molecule has 1 unspecified atom stereocenters. The molecule has 0 radical (unpaired) electrons. The molecule has 0 spiro atoms. The molecular formula is C18H22ClNO6S. The van der Waals surface area contributed by atoms with Crippen LogP contribution in [0.5, 0.6) is 0 Å². The van der Waals surface area contributed by atoms with Gasteiger partial charge in [-0.3, -0.25) is 14.4 Å². The fourth-order valence-electron chi connectivity index (χ4n) is 2.95. The van der Waals surface area contributed by atoms with Crippen LogP contribution in [0.15, 0.2) is 24.3 Å². The lowest BCUT2D eigenvalue weighted by Gasteiger charge is -2.26. The predicted octanol–water partition coefficient (Wildman–Crippen LogP) is 1.88. The molecule has 148 valence electrons. The van der Waals surface area contributed by atoms with Gasteiger partial charge in [0.1, 0.15) is 0 Å². The molecule has 1 atom stereocenters. The van der Waals surface area contributed by atoms with Gasteiger partial charge in [-0.05, 0) is 37.6 Å². The minimum absolute atomic E-state index is 0.0347. The number of nitrogens with zero attached hydrogens (tertiary/aromatic N) is 1. The van der Waals surface area contributed by atoms with E-state index in [1.54, 1.807) is 31.2 Å². The Labute approximate surface area is 163 Å². The lowest BCUT2D eigenvalue weighted by Crippen LogP contribution is -2.43. The van der Waals surface area contributed by atoms with E-state index in [-0.39, 0.29) is 36.2 Å². The molecule has 1 saturated heterocycles. The van der Waals surface area contributed by atoms with E-state index in [9.17, 15) is 22.8 Å². The van der Waals surface area contributed by atoms with Gasteiger partial charge in [0.15, 0.2) is 22.2 Å². The molecule has 1 heterocycles. The van der Waals surface area contributed by atoms with E-state index >= 15 is 0 Å². The summed E-state index contributed by atoms with van der Waals surface area (Å²) in [5.41, 5.74) is 0.447. The second-order valence-electron chi connectivity index (χ2n) is 6.33. The number of hydrogen-bond acceptors (Lipinski definition) is 6. The van der Waals surface area contributed by atoms with Crippen molar-refractivity contribution in [3.05, 3.63) is 34.9 Å². The van der Waals surface area contributed by atoms with Gasteiger partial charge in [0.25, 0.3) is 5.91 Å². The summed E-state index contributed by atoms with van der Waals surface area (Å²) in [6.07, 6.45) is 0.219. The number of likely N-dealkylation sites (N-methyl/N-ethyl adjacent to an activating group) is 1. The minimum atomic E-state index is -3.11. The second-order valence-corrected chi connectivity index (χ2v) is 8.99. The Morgan fingerprint density at radius 3 is 2.41 bits per heavy atom. The van der Waals surface area contributed by atoms with Crippen LogP contribution in [0.2, 0.25) is 5.02 Å². The molecule has 27 heavy (non-hydrogen) atoms. The summed E-state index contributed by atoms with van der Waals surface area (Å²) >= 11 is 5.76. The topological polar surface area (TPSA) is 97.8 Å². The van der Waals surface area contributed by atoms with E-state index in [2.05, 4.69) is 0 Å². The number of halogens is 1. The summed E-state index contributed by atoms with van der Waals surface area (Å²) in [5.74, 6) is -1.30. The zero-order chi connectivity index (χ0) is 20.0. The van der Waals surface area contributed by atoms with Crippen LogP contribution in [0, 0.1) is 0 Å². The first-order valence-corrected chi connectivity index (χ1v) is 10.9. The first kappa shape index (κ1) is 21.4. The molecule has 0 saturated carbocycles. The van der Waals surface area contributed by atoms with Crippen LogP contribution < -0.4 is 0 Å². The Bertz CT molecular complexity index is 806. The molecular weight excluding hydrogens is 394 g/mol. The first-order chi connectivity index (χ1) is 12.7. The summed E-state index contributed by atoms with van der Waals surface area (Å²) < 4.78 is 28.1. The summed E-state index contributed by atoms with van der Waals surface area (Å²) in [6.45, 7) is 1.62. The van der Waals surface area contributed by atoms with E-state index in [1.165, 1.54) is 4.90 Å². The van der Waals surface area contributed by atoms with Crippen molar-refractivity contribution in [3.63, 3.8) is 0 Å². The third-order valence-corrected chi connectivity index (χ3v) is 6.39. The van der Waals surface area contributed by atoms with Crippen molar-refractivity contribution in [3.8, 4) is 0 Å². The lowest BCUT2D eigenvalue weighted by atomic mass is 10.1. The molecule has 0 aromatic heterocycles. The Morgan fingerprint density at radius 1 is 1.19 bits per heavy atom. The highest BCUT2D eigenvalue weighted by molar-refractivity contribution is 7.91. The third kappa shape index (κ3) is 6.32. The zero-order valence-corrected chi connectivity index (χ0v) is 16.6. The number of carbonyl (C=O) groups is 3. The fraction of sp³-hybridized carbons (Fsp3) is 0.500. The van der Waals surface area contributed by atoms with Gasteiger partial charge in [-0.25, -0.2) is 8.42 Å². The van der Waals surface area contributed by atoms with Crippen molar-refractivity contribution in [2.45, 2.75) is 32.2 Å². The number of ether oxygens (including phenoxy) is 1. The third-order valence-electron chi connectivity index (χ3n) is 4.39. The number of amides is 1. The highest BCUT2D eigenvalue weighted by Gasteiger charge is 2.34. The van der Waals surface area contributed by atoms with Crippen molar-refractivity contribution in [1.29, 1.82) is 0 Å². The summed E-state index contributed by atoms with van der Waals surface area (Å²) in [6, 6.07) is 5.96. The van der Waals surface area contributed by atoms with E-state index in [4.69, 9.17) is 16.3 Å². The van der Waals surface area contributed by atoms with Crippen LogP contribution in [-0.2, 0) is 24.2 Å². The Morgan fingerprint density at radius 2 is 1.85 bits per heavy atom. The molecule has 1 aromatic rings. The van der Waals surface area contributed by atoms with Gasteiger partial charge in [-0.1, -0.05) is 11.6 Å². The average molecular weight is 416 g/mol. The number of sulfone groups is 1. The van der Waals surface area contributed by atoms with Gasteiger partial charge in [0.2, 0.25) is 0 Å². The molecule has 0 N–H and O–H groups in total. The van der Waals surface area contributed by atoms with Crippen LogP contribution in [0.25, 0.3) is 0 Å². The molecule has 1 fully saturated rings. The van der Waals surface area contributed by atoms with E-state index in [1.807, 2.05) is 0 Å². The smallest absolute Gasteiger partial charge is 0.306 e.